The summed E-state index contributed by atoms with van der Waals surface area (Å²) in [4.78, 5) is 36.2. The molecule has 3 heterocycles. The SMILES string of the molecule is O=C(CCn1cnc2sccc2c1=O)N(Cc1cccnc1)C1CC1. The van der Waals surface area contributed by atoms with Gasteiger partial charge in [-0.25, -0.2) is 4.98 Å². The maximum Gasteiger partial charge on any atom is 0.262 e. The molecule has 6 nitrogen and oxygen atoms in total. The van der Waals surface area contributed by atoms with Crippen molar-refractivity contribution in [3.05, 3.63) is 58.2 Å². The molecule has 25 heavy (non-hydrogen) atoms. The number of carbonyl (C=O) groups is 1. The van der Waals surface area contributed by atoms with Crippen LogP contribution in [-0.2, 0) is 17.9 Å². The van der Waals surface area contributed by atoms with Gasteiger partial charge >= 0.3 is 0 Å². The predicted octanol–water partition coefficient (Wildman–Crippen LogP) is 2.43. The Labute approximate surface area is 148 Å². The fraction of sp³-hybridized carbons (Fsp3) is 0.333. The molecule has 0 bridgehead atoms. The van der Waals surface area contributed by atoms with Crippen LogP contribution < -0.4 is 5.56 Å². The van der Waals surface area contributed by atoms with Crippen LogP contribution in [0.3, 0.4) is 0 Å². The second-order valence-electron chi connectivity index (χ2n) is 6.25. The fourth-order valence-electron chi connectivity index (χ4n) is 2.91. The summed E-state index contributed by atoms with van der Waals surface area (Å²) in [6.07, 6.45) is 7.46. The Morgan fingerprint density at radius 1 is 1.36 bits per heavy atom. The van der Waals surface area contributed by atoms with Gasteiger partial charge in [0.15, 0.2) is 0 Å². The third-order valence-corrected chi connectivity index (χ3v) is 5.22. The topological polar surface area (TPSA) is 68.1 Å². The average Bonchev–Trinajstić information content (AvgIpc) is 3.36. The van der Waals surface area contributed by atoms with Gasteiger partial charge in [0.1, 0.15) is 4.83 Å². The predicted molar refractivity (Wildman–Crippen MR) is 96.3 cm³/mol. The van der Waals surface area contributed by atoms with Crippen molar-refractivity contribution in [1.82, 2.24) is 19.4 Å². The first-order chi connectivity index (χ1) is 12.2. The lowest BCUT2D eigenvalue weighted by Crippen LogP contribution is -2.34. The van der Waals surface area contributed by atoms with Crippen LogP contribution in [0.1, 0.15) is 24.8 Å². The van der Waals surface area contributed by atoms with Gasteiger partial charge in [-0.15, -0.1) is 11.3 Å². The highest BCUT2D eigenvalue weighted by Crippen LogP contribution is 2.29. The van der Waals surface area contributed by atoms with Gasteiger partial charge in [0, 0.05) is 37.9 Å². The molecule has 128 valence electrons. The standard InChI is InChI=1S/C18H18N4O2S/c23-16(22(14-3-4-14)11-13-2-1-7-19-10-13)5-8-21-12-20-17-15(18(21)24)6-9-25-17/h1-2,6-7,9-10,12,14H,3-5,8,11H2. The van der Waals surface area contributed by atoms with E-state index < -0.39 is 0 Å². The second kappa shape index (κ2) is 6.76. The van der Waals surface area contributed by atoms with Crippen molar-refractivity contribution in [2.24, 2.45) is 0 Å². The third kappa shape index (κ3) is 3.46. The number of hydrogen-bond acceptors (Lipinski definition) is 5. The first-order valence-electron chi connectivity index (χ1n) is 8.33. The number of aryl methyl sites for hydroxylation is 1. The molecule has 0 unspecified atom stereocenters. The summed E-state index contributed by atoms with van der Waals surface area (Å²) in [5, 5.41) is 2.48. The Bertz CT molecular complexity index is 946. The normalized spacial score (nSPS) is 13.9. The molecule has 1 fully saturated rings. The van der Waals surface area contributed by atoms with Gasteiger partial charge in [0.05, 0.1) is 11.7 Å². The lowest BCUT2D eigenvalue weighted by Gasteiger charge is -2.22. The summed E-state index contributed by atoms with van der Waals surface area (Å²) in [6.45, 7) is 0.931. The van der Waals surface area contributed by atoms with Crippen LogP contribution in [0, 0.1) is 0 Å². The average molecular weight is 354 g/mol. The minimum absolute atomic E-state index is 0.0728. The quantitative estimate of drug-likeness (QED) is 0.682. The van der Waals surface area contributed by atoms with E-state index in [2.05, 4.69) is 9.97 Å². The lowest BCUT2D eigenvalue weighted by atomic mass is 10.2. The summed E-state index contributed by atoms with van der Waals surface area (Å²) in [6, 6.07) is 5.97. The van der Waals surface area contributed by atoms with Gasteiger partial charge in [0.25, 0.3) is 5.56 Å². The zero-order valence-electron chi connectivity index (χ0n) is 13.7. The Morgan fingerprint density at radius 2 is 2.24 bits per heavy atom. The van der Waals surface area contributed by atoms with Gasteiger partial charge in [0.2, 0.25) is 5.91 Å². The molecule has 0 saturated heterocycles. The molecule has 3 aromatic rings. The van der Waals surface area contributed by atoms with Gasteiger partial charge in [-0.05, 0) is 35.9 Å². The molecule has 1 amide bonds. The minimum atomic E-state index is -0.0794. The minimum Gasteiger partial charge on any atom is -0.335 e. The smallest absolute Gasteiger partial charge is 0.262 e. The van der Waals surface area contributed by atoms with Crippen LogP contribution in [0.25, 0.3) is 10.2 Å². The summed E-state index contributed by atoms with van der Waals surface area (Å²) >= 11 is 1.45. The van der Waals surface area contributed by atoms with Gasteiger partial charge < -0.3 is 4.90 Å². The molecule has 1 aliphatic rings. The van der Waals surface area contributed by atoms with E-state index in [0.717, 1.165) is 23.2 Å². The highest BCUT2D eigenvalue weighted by Gasteiger charge is 2.32. The first kappa shape index (κ1) is 16.0. The number of hydrogen-bond donors (Lipinski definition) is 0. The Kier molecular flexibility index (Phi) is 4.31. The van der Waals surface area contributed by atoms with E-state index in [1.165, 1.54) is 22.2 Å². The summed E-state index contributed by atoms with van der Waals surface area (Å²) in [5.74, 6) is 0.0728. The maximum atomic E-state index is 12.7. The van der Waals surface area contributed by atoms with Crippen LogP contribution in [0.2, 0.25) is 0 Å². The van der Waals surface area contributed by atoms with Crippen LogP contribution in [0.5, 0.6) is 0 Å². The molecule has 0 N–H and O–H groups in total. The highest BCUT2D eigenvalue weighted by molar-refractivity contribution is 7.16. The van der Waals surface area contributed by atoms with Crippen molar-refractivity contribution < 1.29 is 4.79 Å². The van der Waals surface area contributed by atoms with E-state index in [0.29, 0.717) is 30.9 Å². The maximum absolute atomic E-state index is 12.7. The molecule has 0 aliphatic heterocycles. The van der Waals surface area contributed by atoms with Gasteiger partial charge in [-0.2, -0.15) is 0 Å². The number of thiophene rings is 1. The van der Waals surface area contributed by atoms with Crippen LogP contribution in [0.4, 0.5) is 0 Å². The number of aromatic nitrogens is 3. The van der Waals surface area contributed by atoms with Crippen LogP contribution in [0.15, 0.2) is 47.1 Å². The van der Waals surface area contributed by atoms with Crippen molar-refractivity contribution in [2.45, 2.75) is 38.4 Å². The second-order valence-corrected chi connectivity index (χ2v) is 7.14. The van der Waals surface area contributed by atoms with E-state index >= 15 is 0 Å². The van der Waals surface area contributed by atoms with E-state index in [4.69, 9.17) is 0 Å². The van der Waals surface area contributed by atoms with E-state index in [1.54, 1.807) is 18.5 Å². The summed E-state index contributed by atoms with van der Waals surface area (Å²) in [7, 11) is 0. The van der Waals surface area contributed by atoms with E-state index in [1.807, 2.05) is 22.4 Å². The molecule has 4 rings (SSSR count). The Balaban J connectivity index is 1.46. The molecule has 0 radical (unpaired) electrons. The molecule has 0 spiro atoms. The molecular formula is C18H18N4O2S. The largest absolute Gasteiger partial charge is 0.335 e. The number of nitrogens with zero attached hydrogens (tertiary/aromatic N) is 4. The Hall–Kier alpha value is -2.54. The molecule has 1 saturated carbocycles. The van der Waals surface area contributed by atoms with Crippen LogP contribution in [-0.4, -0.2) is 31.4 Å². The molecule has 0 aromatic carbocycles. The van der Waals surface area contributed by atoms with E-state index in [-0.39, 0.29) is 11.5 Å². The van der Waals surface area contributed by atoms with Crippen molar-refractivity contribution in [3.63, 3.8) is 0 Å². The van der Waals surface area contributed by atoms with Crippen molar-refractivity contribution in [1.29, 1.82) is 0 Å². The number of pyridine rings is 1. The monoisotopic (exact) mass is 354 g/mol. The van der Waals surface area contributed by atoms with E-state index in [9.17, 15) is 9.59 Å². The van der Waals surface area contributed by atoms with Crippen LogP contribution >= 0.6 is 11.3 Å². The zero-order valence-corrected chi connectivity index (χ0v) is 14.5. The molecule has 1 aliphatic carbocycles. The summed E-state index contributed by atoms with van der Waals surface area (Å²) in [5.41, 5.74) is 0.950. The van der Waals surface area contributed by atoms with Gasteiger partial charge in [-0.3, -0.25) is 19.1 Å². The first-order valence-corrected chi connectivity index (χ1v) is 9.21. The van der Waals surface area contributed by atoms with Gasteiger partial charge in [-0.1, -0.05) is 6.07 Å². The van der Waals surface area contributed by atoms with Crippen molar-refractivity contribution in [3.8, 4) is 0 Å². The van der Waals surface area contributed by atoms with Crippen molar-refractivity contribution in [2.75, 3.05) is 0 Å². The molecule has 7 heteroatoms. The summed E-state index contributed by atoms with van der Waals surface area (Å²) < 4.78 is 1.53. The number of carbonyl (C=O) groups excluding carboxylic acids is 1. The Morgan fingerprint density at radius 3 is 3.00 bits per heavy atom. The van der Waals surface area contributed by atoms with Crippen molar-refractivity contribution >= 4 is 27.5 Å². The molecule has 0 atom stereocenters. The third-order valence-electron chi connectivity index (χ3n) is 4.40. The zero-order chi connectivity index (χ0) is 17.2. The number of rotatable bonds is 6. The highest BCUT2D eigenvalue weighted by atomic mass is 32.1. The number of fused-ring (bicyclic) bond motifs is 1. The lowest BCUT2D eigenvalue weighted by molar-refractivity contribution is -0.132. The fourth-order valence-corrected chi connectivity index (χ4v) is 3.63. The molecular weight excluding hydrogens is 336 g/mol. The number of amides is 1. The molecule has 3 aromatic heterocycles.